The van der Waals surface area contributed by atoms with Crippen LogP contribution >= 0.6 is 0 Å². The summed E-state index contributed by atoms with van der Waals surface area (Å²) in [5.74, 6) is -0.529. The lowest BCUT2D eigenvalue weighted by Crippen LogP contribution is -2.58. The van der Waals surface area contributed by atoms with Gasteiger partial charge in [0.2, 0.25) is 12.0 Å². The minimum atomic E-state index is -2.27. The molecule has 2 rings (SSSR count). The lowest BCUT2D eigenvalue weighted by Gasteiger charge is -2.38. The second-order valence-corrected chi connectivity index (χ2v) is 4.94. The molecule has 0 spiro atoms. The molecule has 1 aliphatic rings. The standard InChI is InChI=1S/C12H13FN2O9/c13-9-11(18)10(17)8(4-16)24-12(9)23-7-2-1-5(14(19)20)3-6(7)15(21)22/h1-3,8-12,16-18H,4H2/t8-,9+,10-,11+,12+/m1/s1. The summed E-state index contributed by atoms with van der Waals surface area (Å²) in [5.41, 5.74) is -1.37. The highest BCUT2D eigenvalue weighted by atomic mass is 19.1. The molecule has 0 unspecified atom stereocenters. The van der Waals surface area contributed by atoms with Gasteiger partial charge in [0.05, 0.1) is 22.5 Å². The zero-order valence-electron chi connectivity index (χ0n) is 11.9. The van der Waals surface area contributed by atoms with Gasteiger partial charge in [-0.15, -0.1) is 0 Å². The number of nitro benzene ring substituents is 2. The molecular weight excluding hydrogens is 335 g/mol. The number of hydrogen-bond acceptors (Lipinski definition) is 9. The number of aliphatic hydroxyl groups excluding tert-OH is 3. The van der Waals surface area contributed by atoms with Crippen LogP contribution in [0, 0.1) is 20.2 Å². The molecule has 24 heavy (non-hydrogen) atoms. The number of hydrogen-bond donors (Lipinski definition) is 3. The summed E-state index contributed by atoms with van der Waals surface area (Å²) >= 11 is 0. The minimum absolute atomic E-state index is 0.529. The van der Waals surface area contributed by atoms with E-state index in [0.717, 1.165) is 12.1 Å². The number of alkyl halides is 1. The summed E-state index contributed by atoms with van der Waals surface area (Å²) in [6.07, 6.45) is -9.15. The SMILES string of the molecule is O=[N+]([O-])c1ccc(O[C@H]2O[C@H](CO)[C@@H](O)[C@@H](O)[C@@H]2F)c([N+](=O)[O-])c1. The van der Waals surface area contributed by atoms with Gasteiger partial charge in [0, 0.05) is 6.07 Å². The van der Waals surface area contributed by atoms with Gasteiger partial charge >= 0.3 is 5.69 Å². The maximum Gasteiger partial charge on any atom is 0.317 e. The van der Waals surface area contributed by atoms with Crippen molar-refractivity contribution in [3.8, 4) is 5.75 Å². The van der Waals surface area contributed by atoms with Crippen LogP contribution in [0.4, 0.5) is 15.8 Å². The minimum Gasteiger partial charge on any atom is -0.454 e. The average Bonchev–Trinajstić information content (AvgIpc) is 2.55. The monoisotopic (exact) mass is 348 g/mol. The molecule has 5 atom stereocenters. The summed E-state index contributed by atoms with van der Waals surface area (Å²) in [7, 11) is 0. The number of rotatable bonds is 5. The first-order valence-electron chi connectivity index (χ1n) is 6.62. The molecule has 1 saturated heterocycles. The van der Waals surface area contributed by atoms with Crippen LogP contribution in [0.2, 0.25) is 0 Å². The summed E-state index contributed by atoms with van der Waals surface area (Å²) < 4.78 is 23.9. The van der Waals surface area contributed by atoms with Crippen molar-refractivity contribution in [2.24, 2.45) is 0 Å². The molecule has 0 radical (unpaired) electrons. The van der Waals surface area contributed by atoms with Gasteiger partial charge in [0.25, 0.3) is 5.69 Å². The molecule has 0 amide bonds. The normalized spacial score (nSPS) is 29.9. The Labute approximate surface area is 133 Å². The number of aliphatic hydroxyl groups is 3. The van der Waals surface area contributed by atoms with E-state index in [9.17, 15) is 34.8 Å². The van der Waals surface area contributed by atoms with Crippen LogP contribution in [-0.2, 0) is 4.74 Å². The van der Waals surface area contributed by atoms with Gasteiger partial charge in [-0.1, -0.05) is 0 Å². The number of benzene rings is 1. The molecule has 0 aliphatic carbocycles. The maximum atomic E-state index is 14.0. The molecule has 1 heterocycles. The fourth-order valence-electron chi connectivity index (χ4n) is 2.13. The van der Waals surface area contributed by atoms with Crippen molar-refractivity contribution in [3.05, 3.63) is 38.4 Å². The van der Waals surface area contributed by atoms with Crippen molar-refractivity contribution >= 4 is 11.4 Å². The van der Waals surface area contributed by atoms with Gasteiger partial charge in [0.1, 0.15) is 18.3 Å². The Kier molecular flexibility index (Phi) is 5.23. The molecule has 11 nitrogen and oxygen atoms in total. The second kappa shape index (κ2) is 7.00. The fourth-order valence-corrected chi connectivity index (χ4v) is 2.13. The van der Waals surface area contributed by atoms with E-state index in [1.807, 2.05) is 0 Å². The Morgan fingerprint density at radius 2 is 1.88 bits per heavy atom. The van der Waals surface area contributed by atoms with Crippen LogP contribution in [-0.4, -0.2) is 62.5 Å². The third-order valence-electron chi connectivity index (χ3n) is 3.40. The molecule has 12 heteroatoms. The topological polar surface area (TPSA) is 165 Å². The van der Waals surface area contributed by atoms with Gasteiger partial charge in [-0.2, -0.15) is 0 Å². The second-order valence-electron chi connectivity index (χ2n) is 4.94. The van der Waals surface area contributed by atoms with E-state index < -0.39 is 64.4 Å². The smallest absolute Gasteiger partial charge is 0.317 e. The van der Waals surface area contributed by atoms with Crippen molar-refractivity contribution in [2.45, 2.75) is 30.8 Å². The average molecular weight is 348 g/mol. The Morgan fingerprint density at radius 1 is 1.21 bits per heavy atom. The van der Waals surface area contributed by atoms with Crippen LogP contribution in [0.1, 0.15) is 0 Å². The number of ether oxygens (including phenoxy) is 2. The van der Waals surface area contributed by atoms with E-state index in [-0.39, 0.29) is 0 Å². The molecule has 1 fully saturated rings. The first-order chi connectivity index (χ1) is 11.3. The van der Waals surface area contributed by atoms with Crippen LogP contribution < -0.4 is 4.74 Å². The summed E-state index contributed by atoms with van der Waals surface area (Å²) in [5, 5.41) is 49.8. The van der Waals surface area contributed by atoms with Crippen molar-refractivity contribution in [2.75, 3.05) is 6.61 Å². The third kappa shape index (κ3) is 3.41. The Bertz CT molecular complexity index is 641. The quantitative estimate of drug-likeness (QED) is 0.476. The first-order valence-corrected chi connectivity index (χ1v) is 6.62. The van der Waals surface area contributed by atoms with Gasteiger partial charge in [0.15, 0.2) is 6.17 Å². The zero-order valence-corrected chi connectivity index (χ0v) is 11.9. The molecule has 1 aliphatic heterocycles. The van der Waals surface area contributed by atoms with E-state index in [1.54, 1.807) is 0 Å². The lowest BCUT2D eigenvalue weighted by atomic mass is 10.0. The maximum absolute atomic E-state index is 14.0. The highest BCUT2D eigenvalue weighted by molar-refractivity contribution is 5.53. The number of nitro groups is 2. The van der Waals surface area contributed by atoms with Crippen molar-refractivity contribution in [1.82, 2.24) is 0 Å². The Balaban J connectivity index is 2.29. The Hall–Kier alpha value is -2.41. The molecule has 132 valence electrons. The molecule has 1 aromatic carbocycles. The molecule has 0 saturated carbocycles. The van der Waals surface area contributed by atoms with Crippen LogP contribution in [0.5, 0.6) is 5.75 Å². The number of nitrogens with zero attached hydrogens (tertiary/aromatic N) is 2. The fraction of sp³-hybridized carbons (Fsp3) is 0.500. The van der Waals surface area contributed by atoms with Crippen LogP contribution in [0.25, 0.3) is 0 Å². The zero-order chi connectivity index (χ0) is 18.0. The first kappa shape index (κ1) is 17.9. The van der Waals surface area contributed by atoms with Crippen molar-refractivity contribution < 1.29 is 39.0 Å². The van der Waals surface area contributed by atoms with Gasteiger partial charge in [-0.25, -0.2) is 4.39 Å². The summed E-state index contributed by atoms with van der Waals surface area (Å²) in [4.78, 5) is 19.8. The number of halogens is 1. The largest absolute Gasteiger partial charge is 0.454 e. The predicted molar refractivity (Wildman–Crippen MR) is 73.0 cm³/mol. The molecule has 0 aromatic heterocycles. The molecular formula is C12H13FN2O9. The van der Waals surface area contributed by atoms with Crippen LogP contribution in [0.15, 0.2) is 18.2 Å². The third-order valence-corrected chi connectivity index (χ3v) is 3.40. The van der Waals surface area contributed by atoms with Gasteiger partial charge < -0.3 is 24.8 Å². The van der Waals surface area contributed by atoms with E-state index in [4.69, 9.17) is 14.6 Å². The number of non-ortho nitro benzene ring substituents is 1. The van der Waals surface area contributed by atoms with E-state index in [1.165, 1.54) is 0 Å². The van der Waals surface area contributed by atoms with E-state index in [2.05, 4.69) is 0 Å². The molecule has 3 N–H and O–H groups in total. The summed E-state index contributed by atoms with van der Waals surface area (Å²) in [6.45, 7) is -0.757. The molecule has 0 bridgehead atoms. The van der Waals surface area contributed by atoms with Crippen molar-refractivity contribution in [3.63, 3.8) is 0 Å². The Morgan fingerprint density at radius 3 is 2.42 bits per heavy atom. The van der Waals surface area contributed by atoms with E-state index in [0.29, 0.717) is 6.07 Å². The summed E-state index contributed by atoms with van der Waals surface area (Å²) in [6, 6.07) is 2.42. The van der Waals surface area contributed by atoms with Crippen LogP contribution in [0.3, 0.4) is 0 Å². The highest BCUT2D eigenvalue weighted by Crippen LogP contribution is 2.34. The van der Waals surface area contributed by atoms with E-state index >= 15 is 0 Å². The molecule has 1 aromatic rings. The van der Waals surface area contributed by atoms with Gasteiger partial charge in [-0.3, -0.25) is 20.2 Å². The highest BCUT2D eigenvalue weighted by Gasteiger charge is 2.46. The van der Waals surface area contributed by atoms with Crippen molar-refractivity contribution in [1.29, 1.82) is 0 Å². The van der Waals surface area contributed by atoms with Gasteiger partial charge in [-0.05, 0) is 6.07 Å². The lowest BCUT2D eigenvalue weighted by molar-refractivity contribution is -0.395. The predicted octanol–water partition coefficient (Wildman–Crippen LogP) is -0.341.